The molecule has 0 heterocycles. The molecule has 2 aliphatic rings. The molecule has 0 amide bonds. The molecule has 2 rings (SSSR count). The highest BCUT2D eigenvalue weighted by Gasteiger charge is 2.58. The van der Waals surface area contributed by atoms with Gasteiger partial charge in [-0.1, -0.05) is 55.7 Å². The lowest BCUT2D eigenvalue weighted by Crippen LogP contribution is -2.35. The summed E-state index contributed by atoms with van der Waals surface area (Å²) in [6.07, 6.45) is 19.0. The molecule has 0 aliphatic heterocycles. The SMILES string of the molecule is CC(C)=CCC/C(C)=C/CC/C(C)=C(\F)CC/C=C(\C)CCC1C(C)(C)[C@H]2CC[C@]1(C)C2. The second kappa shape index (κ2) is 11.8. The maximum absolute atomic E-state index is 14.6. The molecule has 0 radical (unpaired) electrons. The van der Waals surface area contributed by atoms with Crippen LogP contribution in [0, 0.1) is 22.7 Å². The minimum Gasteiger partial charge on any atom is -0.212 e. The molecule has 0 nitrogen and oxygen atoms in total. The summed E-state index contributed by atoms with van der Waals surface area (Å²) in [6, 6.07) is 0. The number of hydrogen-bond donors (Lipinski definition) is 0. The molecule has 2 bridgehead atoms. The molecule has 0 aromatic heterocycles. The van der Waals surface area contributed by atoms with Gasteiger partial charge in [0, 0.05) is 6.42 Å². The van der Waals surface area contributed by atoms with E-state index < -0.39 is 0 Å². The standard InChI is InChI=1S/C31H51F/c1-23(2)12-9-13-24(3)14-10-16-26(5)28(32)17-11-15-25(4)18-19-29-30(6,7)27-20-21-31(29,8)22-27/h12,14-15,27,29H,9-11,13,16-22H2,1-8H3/b24-14+,25-15+,28-26-/t27-,29?,31+/m0/s1. The van der Waals surface area contributed by atoms with Crippen molar-refractivity contribution in [3.05, 3.63) is 46.3 Å². The zero-order chi connectivity index (χ0) is 23.9. The summed E-state index contributed by atoms with van der Waals surface area (Å²) in [5.74, 6) is 1.88. The van der Waals surface area contributed by atoms with Crippen LogP contribution in [0.5, 0.6) is 0 Å². The average molecular weight is 443 g/mol. The van der Waals surface area contributed by atoms with Crippen LogP contribution in [-0.2, 0) is 0 Å². The summed E-state index contributed by atoms with van der Waals surface area (Å²) in [5.41, 5.74) is 6.25. The number of allylic oxidation sites excluding steroid dienone is 8. The molecule has 3 atom stereocenters. The van der Waals surface area contributed by atoms with E-state index in [0.29, 0.717) is 17.3 Å². The third-order valence-corrected chi connectivity index (χ3v) is 8.82. The highest BCUT2D eigenvalue weighted by molar-refractivity contribution is 5.11. The van der Waals surface area contributed by atoms with Crippen molar-refractivity contribution in [3.8, 4) is 0 Å². The van der Waals surface area contributed by atoms with Crippen LogP contribution in [0.1, 0.15) is 126 Å². The van der Waals surface area contributed by atoms with E-state index >= 15 is 0 Å². The first-order valence-corrected chi connectivity index (χ1v) is 13.2. The topological polar surface area (TPSA) is 0 Å². The van der Waals surface area contributed by atoms with E-state index in [1.54, 1.807) is 0 Å². The molecule has 1 heteroatoms. The van der Waals surface area contributed by atoms with Gasteiger partial charge >= 0.3 is 0 Å². The normalized spacial score (nSPS) is 28.2. The second-order valence-electron chi connectivity index (χ2n) is 12.2. The zero-order valence-corrected chi connectivity index (χ0v) is 22.5. The van der Waals surface area contributed by atoms with Crippen molar-refractivity contribution >= 4 is 0 Å². The Bertz CT molecular complexity index is 736. The molecule has 2 aliphatic carbocycles. The van der Waals surface area contributed by atoms with Gasteiger partial charge in [0.05, 0.1) is 5.83 Å². The largest absolute Gasteiger partial charge is 0.212 e. The van der Waals surface area contributed by atoms with Gasteiger partial charge in [-0.25, -0.2) is 4.39 Å². The molecule has 2 fully saturated rings. The Kier molecular flexibility index (Phi) is 10.0. The summed E-state index contributed by atoms with van der Waals surface area (Å²) >= 11 is 0. The highest BCUT2D eigenvalue weighted by Crippen LogP contribution is 2.67. The Morgan fingerprint density at radius 2 is 1.41 bits per heavy atom. The first-order valence-electron chi connectivity index (χ1n) is 13.2. The fourth-order valence-electron chi connectivity index (χ4n) is 6.62. The Balaban J connectivity index is 1.73. The molecule has 32 heavy (non-hydrogen) atoms. The monoisotopic (exact) mass is 442 g/mol. The maximum atomic E-state index is 14.6. The molecule has 2 saturated carbocycles. The third kappa shape index (κ3) is 7.46. The van der Waals surface area contributed by atoms with Gasteiger partial charge in [0.1, 0.15) is 0 Å². The lowest BCUT2D eigenvalue weighted by Gasteiger charge is -2.43. The number of fused-ring (bicyclic) bond motifs is 2. The minimum atomic E-state index is 0.103. The first kappa shape index (κ1) is 27.1. The van der Waals surface area contributed by atoms with E-state index in [1.807, 2.05) is 6.92 Å². The smallest absolute Gasteiger partial charge is 0.0991 e. The van der Waals surface area contributed by atoms with E-state index in [-0.39, 0.29) is 5.83 Å². The molecule has 0 aromatic rings. The summed E-state index contributed by atoms with van der Waals surface area (Å²) in [5, 5.41) is 0. The minimum absolute atomic E-state index is 0.103. The molecular weight excluding hydrogens is 391 g/mol. The Labute approximate surface area is 199 Å². The predicted molar refractivity (Wildman–Crippen MR) is 140 cm³/mol. The van der Waals surface area contributed by atoms with E-state index in [1.165, 1.54) is 48.8 Å². The van der Waals surface area contributed by atoms with Gasteiger partial charge in [-0.15, -0.1) is 0 Å². The fraction of sp³-hybridized carbons (Fsp3) is 0.742. The maximum Gasteiger partial charge on any atom is 0.0991 e. The predicted octanol–water partition coefficient (Wildman–Crippen LogP) is 10.7. The fourth-order valence-corrected chi connectivity index (χ4v) is 6.62. The molecule has 182 valence electrons. The van der Waals surface area contributed by atoms with Crippen LogP contribution in [-0.4, -0.2) is 0 Å². The van der Waals surface area contributed by atoms with Crippen molar-refractivity contribution in [2.75, 3.05) is 0 Å². The molecule has 1 unspecified atom stereocenters. The average Bonchev–Trinajstić information content (AvgIpc) is 3.18. The van der Waals surface area contributed by atoms with Gasteiger partial charge in [0.15, 0.2) is 0 Å². The Morgan fingerprint density at radius 3 is 2.00 bits per heavy atom. The van der Waals surface area contributed by atoms with Gasteiger partial charge in [-0.05, 0) is 127 Å². The number of hydrogen-bond acceptors (Lipinski definition) is 0. The van der Waals surface area contributed by atoms with E-state index in [0.717, 1.165) is 49.5 Å². The van der Waals surface area contributed by atoms with Crippen molar-refractivity contribution < 1.29 is 4.39 Å². The van der Waals surface area contributed by atoms with Gasteiger partial charge in [0.2, 0.25) is 0 Å². The van der Waals surface area contributed by atoms with E-state index in [4.69, 9.17) is 0 Å². The summed E-state index contributed by atoms with van der Waals surface area (Å²) in [4.78, 5) is 0. The van der Waals surface area contributed by atoms with Crippen molar-refractivity contribution in [1.82, 2.24) is 0 Å². The van der Waals surface area contributed by atoms with Gasteiger partial charge in [-0.2, -0.15) is 0 Å². The summed E-state index contributed by atoms with van der Waals surface area (Å²) in [6.45, 7) is 18.3. The van der Waals surface area contributed by atoms with Crippen molar-refractivity contribution in [3.63, 3.8) is 0 Å². The molecule has 0 N–H and O–H groups in total. The second-order valence-corrected chi connectivity index (χ2v) is 12.2. The van der Waals surface area contributed by atoms with Crippen LogP contribution in [0.15, 0.2) is 46.3 Å². The molecular formula is C31H51F. The van der Waals surface area contributed by atoms with Crippen LogP contribution < -0.4 is 0 Å². The number of rotatable bonds is 12. The number of halogens is 1. The lowest BCUT2D eigenvalue weighted by molar-refractivity contribution is 0.0674. The van der Waals surface area contributed by atoms with Crippen molar-refractivity contribution in [2.24, 2.45) is 22.7 Å². The van der Waals surface area contributed by atoms with Gasteiger partial charge in [-0.3, -0.25) is 0 Å². The summed E-state index contributed by atoms with van der Waals surface area (Å²) in [7, 11) is 0. The van der Waals surface area contributed by atoms with E-state index in [2.05, 4.69) is 66.7 Å². The van der Waals surface area contributed by atoms with Crippen LogP contribution in [0.2, 0.25) is 0 Å². The Hall–Kier alpha value is -1.11. The molecule has 0 spiro atoms. The van der Waals surface area contributed by atoms with Crippen molar-refractivity contribution in [1.29, 1.82) is 0 Å². The molecule has 0 aromatic carbocycles. The van der Waals surface area contributed by atoms with Crippen molar-refractivity contribution in [2.45, 2.75) is 126 Å². The lowest BCUT2D eigenvalue weighted by atomic mass is 9.62. The quantitative estimate of drug-likeness (QED) is 0.264. The van der Waals surface area contributed by atoms with Crippen LogP contribution in [0.4, 0.5) is 4.39 Å². The third-order valence-electron chi connectivity index (χ3n) is 8.82. The van der Waals surface area contributed by atoms with E-state index in [9.17, 15) is 4.39 Å². The van der Waals surface area contributed by atoms with Crippen LogP contribution in [0.25, 0.3) is 0 Å². The van der Waals surface area contributed by atoms with Crippen LogP contribution in [0.3, 0.4) is 0 Å². The molecule has 0 saturated heterocycles. The van der Waals surface area contributed by atoms with Gasteiger partial charge < -0.3 is 0 Å². The van der Waals surface area contributed by atoms with Crippen LogP contribution >= 0.6 is 0 Å². The Morgan fingerprint density at radius 1 is 0.812 bits per heavy atom. The summed E-state index contributed by atoms with van der Waals surface area (Å²) < 4.78 is 14.6. The van der Waals surface area contributed by atoms with Gasteiger partial charge in [0.25, 0.3) is 0 Å². The first-order chi connectivity index (χ1) is 15.0. The zero-order valence-electron chi connectivity index (χ0n) is 22.5. The highest BCUT2D eigenvalue weighted by atomic mass is 19.1.